The SMILES string of the molecule is O=C1C(=C2SC(=S)N(c3ccccc3Cl)C2=O)c2ccccc2N1CN1CCCCC1. The second kappa shape index (κ2) is 8.39. The first-order valence-corrected chi connectivity index (χ1v) is 11.8. The molecule has 5 nitrogen and oxygen atoms in total. The molecule has 0 bridgehead atoms. The Labute approximate surface area is 195 Å². The summed E-state index contributed by atoms with van der Waals surface area (Å²) in [7, 11) is 0. The molecule has 2 saturated heterocycles. The fourth-order valence-electron chi connectivity index (χ4n) is 4.30. The van der Waals surface area contributed by atoms with Gasteiger partial charge in [0.15, 0.2) is 4.32 Å². The molecule has 8 heteroatoms. The van der Waals surface area contributed by atoms with Crippen molar-refractivity contribution in [2.24, 2.45) is 0 Å². The van der Waals surface area contributed by atoms with Crippen molar-refractivity contribution < 1.29 is 9.59 Å². The van der Waals surface area contributed by atoms with Crippen LogP contribution in [-0.2, 0) is 9.59 Å². The highest BCUT2D eigenvalue weighted by Crippen LogP contribution is 2.46. The lowest BCUT2D eigenvalue weighted by atomic mass is 10.1. The first-order valence-electron chi connectivity index (χ1n) is 10.2. The van der Waals surface area contributed by atoms with E-state index in [4.69, 9.17) is 23.8 Å². The van der Waals surface area contributed by atoms with Crippen LogP contribution in [0, 0.1) is 0 Å². The Morgan fingerprint density at radius 1 is 0.903 bits per heavy atom. The van der Waals surface area contributed by atoms with Gasteiger partial charge in [0, 0.05) is 5.56 Å². The molecule has 0 saturated carbocycles. The van der Waals surface area contributed by atoms with Crippen LogP contribution >= 0.6 is 35.6 Å². The van der Waals surface area contributed by atoms with Gasteiger partial charge in [-0.3, -0.25) is 24.3 Å². The zero-order valence-electron chi connectivity index (χ0n) is 16.7. The minimum Gasteiger partial charge on any atom is -0.294 e. The minimum absolute atomic E-state index is 0.147. The molecule has 2 aromatic carbocycles. The average Bonchev–Trinajstić information content (AvgIpc) is 3.22. The number of likely N-dealkylation sites (tertiary alicyclic amines) is 1. The number of hydrogen-bond donors (Lipinski definition) is 0. The van der Waals surface area contributed by atoms with Crippen LogP contribution < -0.4 is 9.80 Å². The van der Waals surface area contributed by atoms with Gasteiger partial charge >= 0.3 is 0 Å². The second-order valence-corrected chi connectivity index (χ2v) is 9.79. The molecule has 0 aromatic heterocycles. The molecule has 0 unspecified atom stereocenters. The lowest BCUT2D eigenvalue weighted by Crippen LogP contribution is -2.42. The number of carbonyl (C=O) groups is 2. The minimum atomic E-state index is -0.305. The molecule has 31 heavy (non-hydrogen) atoms. The molecule has 3 aliphatic heterocycles. The first kappa shape index (κ1) is 20.7. The number of hydrogen-bond acceptors (Lipinski definition) is 5. The zero-order valence-corrected chi connectivity index (χ0v) is 19.1. The van der Waals surface area contributed by atoms with Crippen LogP contribution in [-0.4, -0.2) is 40.8 Å². The van der Waals surface area contributed by atoms with Crippen molar-refractivity contribution in [2.45, 2.75) is 19.3 Å². The molecule has 0 radical (unpaired) electrons. The Balaban J connectivity index is 1.55. The van der Waals surface area contributed by atoms with Gasteiger partial charge in [-0.15, -0.1) is 0 Å². The highest BCUT2D eigenvalue weighted by atomic mass is 35.5. The van der Waals surface area contributed by atoms with Gasteiger partial charge < -0.3 is 0 Å². The Hall–Kier alpha value is -2.19. The fraction of sp³-hybridized carbons (Fsp3) is 0.261. The Morgan fingerprint density at radius 2 is 1.58 bits per heavy atom. The highest BCUT2D eigenvalue weighted by molar-refractivity contribution is 8.27. The molecule has 2 aromatic rings. The molecule has 0 N–H and O–H groups in total. The Kier molecular flexibility index (Phi) is 5.60. The third kappa shape index (κ3) is 3.59. The first-order chi connectivity index (χ1) is 15.1. The molecule has 158 valence electrons. The van der Waals surface area contributed by atoms with E-state index in [1.54, 1.807) is 23.1 Å². The van der Waals surface area contributed by atoms with Crippen LogP contribution in [0.15, 0.2) is 53.4 Å². The van der Waals surface area contributed by atoms with Crippen molar-refractivity contribution in [1.82, 2.24) is 4.90 Å². The number of halogens is 1. The van der Waals surface area contributed by atoms with Crippen LogP contribution in [0.3, 0.4) is 0 Å². The maximum absolute atomic E-state index is 13.6. The fourth-order valence-corrected chi connectivity index (χ4v) is 5.88. The summed E-state index contributed by atoms with van der Waals surface area (Å²) in [4.78, 5) is 32.9. The molecule has 3 heterocycles. The molecule has 2 amide bonds. The smallest absolute Gasteiger partial charge is 0.271 e. The number of amides is 2. The van der Waals surface area contributed by atoms with Crippen LogP contribution in [0.1, 0.15) is 24.8 Å². The highest BCUT2D eigenvalue weighted by Gasteiger charge is 2.43. The van der Waals surface area contributed by atoms with Gasteiger partial charge in [-0.1, -0.05) is 72.3 Å². The van der Waals surface area contributed by atoms with Crippen molar-refractivity contribution >= 4 is 68.7 Å². The Morgan fingerprint density at radius 3 is 2.32 bits per heavy atom. The summed E-state index contributed by atoms with van der Waals surface area (Å²) >= 11 is 13.0. The van der Waals surface area contributed by atoms with E-state index < -0.39 is 0 Å². The molecule has 0 spiro atoms. The normalized spacial score (nSPS) is 21.9. The molecule has 0 atom stereocenters. The van der Waals surface area contributed by atoms with Crippen LogP contribution in [0.2, 0.25) is 5.02 Å². The van der Waals surface area contributed by atoms with Crippen LogP contribution in [0.4, 0.5) is 11.4 Å². The van der Waals surface area contributed by atoms with Crippen molar-refractivity contribution in [3.63, 3.8) is 0 Å². The number of piperidine rings is 1. The summed E-state index contributed by atoms with van der Waals surface area (Å²) in [6.07, 6.45) is 3.52. The summed E-state index contributed by atoms with van der Waals surface area (Å²) < 4.78 is 0.375. The Bertz CT molecular complexity index is 1130. The van der Waals surface area contributed by atoms with Gasteiger partial charge in [0.2, 0.25) is 0 Å². The van der Waals surface area contributed by atoms with E-state index in [0.29, 0.717) is 32.2 Å². The van der Waals surface area contributed by atoms with E-state index in [0.717, 1.165) is 37.2 Å². The number of anilines is 2. The summed E-state index contributed by atoms with van der Waals surface area (Å²) in [5.74, 6) is -0.451. The van der Waals surface area contributed by atoms with E-state index in [2.05, 4.69) is 4.90 Å². The molecular weight excluding hydrogens is 450 g/mol. The van der Waals surface area contributed by atoms with E-state index in [1.165, 1.54) is 23.1 Å². The van der Waals surface area contributed by atoms with Crippen LogP contribution in [0.5, 0.6) is 0 Å². The topological polar surface area (TPSA) is 43.9 Å². The number of thiocarbonyl (C=S) groups is 1. The lowest BCUT2D eigenvalue weighted by Gasteiger charge is -2.30. The second-order valence-electron chi connectivity index (χ2n) is 7.73. The monoisotopic (exact) mass is 469 g/mol. The van der Waals surface area contributed by atoms with Gasteiger partial charge in [-0.2, -0.15) is 0 Å². The average molecular weight is 470 g/mol. The molecule has 0 aliphatic carbocycles. The van der Waals surface area contributed by atoms with Crippen LogP contribution in [0.25, 0.3) is 5.57 Å². The quantitative estimate of drug-likeness (QED) is 0.472. The predicted octanol–water partition coefficient (Wildman–Crippen LogP) is 4.91. The summed E-state index contributed by atoms with van der Waals surface area (Å²) in [5, 5.41) is 0.440. The largest absolute Gasteiger partial charge is 0.294 e. The van der Waals surface area contributed by atoms with Crippen molar-refractivity contribution in [3.8, 4) is 0 Å². The maximum atomic E-state index is 13.6. The van der Waals surface area contributed by atoms with Gasteiger partial charge in [-0.05, 0) is 44.1 Å². The number of benzene rings is 2. The summed E-state index contributed by atoms with van der Waals surface area (Å²) in [6.45, 7) is 2.50. The zero-order chi connectivity index (χ0) is 21.5. The predicted molar refractivity (Wildman–Crippen MR) is 130 cm³/mol. The van der Waals surface area contributed by atoms with E-state index in [1.807, 2.05) is 30.3 Å². The summed E-state index contributed by atoms with van der Waals surface area (Å²) in [5.41, 5.74) is 2.59. The number of carbonyl (C=O) groups excluding carboxylic acids is 2. The third-order valence-electron chi connectivity index (χ3n) is 5.80. The van der Waals surface area contributed by atoms with E-state index in [-0.39, 0.29) is 11.8 Å². The van der Waals surface area contributed by atoms with Gasteiger partial charge in [0.1, 0.15) is 0 Å². The van der Waals surface area contributed by atoms with Crippen molar-refractivity contribution in [2.75, 3.05) is 29.6 Å². The van der Waals surface area contributed by atoms with Gasteiger partial charge in [0.05, 0.1) is 33.5 Å². The van der Waals surface area contributed by atoms with Crippen molar-refractivity contribution in [3.05, 3.63) is 64.0 Å². The molecule has 2 fully saturated rings. The molecular formula is C23H20ClN3O2S2. The van der Waals surface area contributed by atoms with E-state index in [9.17, 15) is 9.59 Å². The third-order valence-corrected chi connectivity index (χ3v) is 7.50. The number of para-hydroxylation sites is 2. The number of nitrogens with zero attached hydrogens (tertiary/aromatic N) is 3. The number of rotatable bonds is 3. The molecule has 3 aliphatic rings. The van der Waals surface area contributed by atoms with E-state index >= 15 is 0 Å². The van der Waals surface area contributed by atoms with Crippen molar-refractivity contribution in [1.29, 1.82) is 0 Å². The summed E-state index contributed by atoms with van der Waals surface area (Å²) in [6, 6.07) is 14.8. The standard InChI is InChI=1S/C23H20ClN3O2S2/c24-16-9-3-5-11-18(16)27-22(29)20(31-23(27)30)19-15-8-2-4-10-17(15)26(21(19)28)14-25-12-6-1-7-13-25/h2-5,8-11H,1,6-7,12-14H2. The number of thioether (sulfide) groups is 1. The number of fused-ring (bicyclic) bond motifs is 1. The van der Waals surface area contributed by atoms with Gasteiger partial charge in [-0.25, -0.2) is 0 Å². The van der Waals surface area contributed by atoms with Gasteiger partial charge in [0.25, 0.3) is 11.8 Å². The molecule has 5 rings (SSSR count). The maximum Gasteiger partial charge on any atom is 0.271 e. The lowest BCUT2D eigenvalue weighted by molar-refractivity contribution is -0.115.